The van der Waals surface area contributed by atoms with Crippen molar-refractivity contribution in [3.8, 4) is 0 Å². The average Bonchev–Trinajstić information content (AvgIpc) is 3.36. The highest BCUT2D eigenvalue weighted by Crippen LogP contribution is 2.34. The first-order valence-corrected chi connectivity index (χ1v) is 10.0. The van der Waals surface area contributed by atoms with E-state index in [4.69, 9.17) is 0 Å². The van der Waals surface area contributed by atoms with Gasteiger partial charge in [-0.1, -0.05) is 0 Å². The summed E-state index contributed by atoms with van der Waals surface area (Å²) in [6.45, 7) is 3.62. The van der Waals surface area contributed by atoms with E-state index in [2.05, 4.69) is 20.3 Å². The third kappa shape index (κ3) is 3.97. The molecule has 0 saturated carbocycles. The fraction of sp³-hybridized carbons (Fsp3) is 0.444. The van der Waals surface area contributed by atoms with E-state index >= 15 is 0 Å². The fourth-order valence-corrected chi connectivity index (χ4v) is 4.20. The van der Waals surface area contributed by atoms with Gasteiger partial charge in [0.15, 0.2) is 17.4 Å². The molecule has 0 radical (unpaired) electrons. The normalized spacial score (nSPS) is 16.8. The van der Waals surface area contributed by atoms with Crippen LogP contribution in [-0.4, -0.2) is 44.5 Å². The number of aryl methyl sites for hydroxylation is 1. The van der Waals surface area contributed by atoms with Gasteiger partial charge in [0.25, 0.3) is 5.91 Å². The lowest BCUT2D eigenvalue weighted by Crippen LogP contribution is -2.38. The third-order valence-corrected chi connectivity index (χ3v) is 5.83. The molecule has 0 spiro atoms. The Bertz CT molecular complexity index is 1010. The topological polar surface area (TPSA) is 84.2 Å². The molecule has 4 heterocycles. The molecule has 1 atom stereocenters. The summed E-state index contributed by atoms with van der Waals surface area (Å²) in [5.41, 5.74) is 1.78. The Labute approximate surface area is 168 Å². The fourth-order valence-electron chi connectivity index (χ4n) is 3.49. The number of hydrogen-bond donors (Lipinski definition) is 2. The number of amides is 1. The highest BCUT2D eigenvalue weighted by Gasteiger charge is 2.44. The second-order valence-electron chi connectivity index (χ2n) is 6.95. The lowest BCUT2D eigenvalue weighted by Gasteiger charge is -2.22. The molecule has 7 nitrogen and oxygen atoms in total. The maximum Gasteiger partial charge on any atom is 0.415 e. The Morgan fingerprint density at radius 3 is 2.76 bits per heavy atom. The molecule has 0 aliphatic carbocycles. The second kappa shape index (κ2) is 7.71. The number of rotatable bonds is 4. The van der Waals surface area contributed by atoms with Gasteiger partial charge >= 0.3 is 6.18 Å². The van der Waals surface area contributed by atoms with Crippen molar-refractivity contribution in [1.82, 2.24) is 30.0 Å². The Kier molecular flexibility index (Phi) is 5.26. The number of carbonyl (C=O) groups excluding carboxylic acids is 1. The van der Waals surface area contributed by atoms with Crippen molar-refractivity contribution in [3.05, 3.63) is 46.1 Å². The number of imidazole rings is 1. The van der Waals surface area contributed by atoms with Gasteiger partial charge in [-0.25, -0.2) is 15.0 Å². The Hall–Kier alpha value is -2.53. The maximum absolute atomic E-state index is 13.5. The molecule has 1 amide bonds. The molecule has 3 aromatic heterocycles. The highest BCUT2D eigenvalue weighted by atomic mass is 32.1. The van der Waals surface area contributed by atoms with Crippen LogP contribution >= 0.6 is 11.3 Å². The molecule has 1 saturated heterocycles. The first-order chi connectivity index (χ1) is 13.8. The van der Waals surface area contributed by atoms with E-state index in [-0.39, 0.29) is 22.3 Å². The molecule has 1 fully saturated rings. The average molecular weight is 424 g/mol. The molecule has 29 heavy (non-hydrogen) atoms. The van der Waals surface area contributed by atoms with E-state index in [0.717, 1.165) is 48.7 Å². The number of carbonyl (C=O) groups is 1. The quantitative estimate of drug-likeness (QED) is 0.673. The molecular weight excluding hydrogens is 405 g/mol. The van der Waals surface area contributed by atoms with Gasteiger partial charge in [0, 0.05) is 28.9 Å². The van der Waals surface area contributed by atoms with Gasteiger partial charge in [-0.2, -0.15) is 13.2 Å². The van der Waals surface area contributed by atoms with Crippen molar-refractivity contribution >= 4 is 22.9 Å². The van der Waals surface area contributed by atoms with Crippen molar-refractivity contribution in [1.29, 1.82) is 0 Å². The van der Waals surface area contributed by atoms with E-state index in [1.807, 2.05) is 18.3 Å². The van der Waals surface area contributed by atoms with E-state index < -0.39 is 18.1 Å². The van der Waals surface area contributed by atoms with Crippen molar-refractivity contribution in [2.45, 2.75) is 37.9 Å². The SMILES string of the molecule is Cc1cc(C2CCNCC2)nc2c(C(=O)NC(c3nccs3)C(F)(F)F)ncn12. The molecule has 3 aromatic rings. The number of alkyl halides is 3. The van der Waals surface area contributed by atoms with Crippen LogP contribution in [0.25, 0.3) is 5.65 Å². The first-order valence-electron chi connectivity index (χ1n) is 9.17. The minimum Gasteiger partial charge on any atom is -0.333 e. The van der Waals surface area contributed by atoms with Crippen LogP contribution in [0.5, 0.6) is 0 Å². The first kappa shape index (κ1) is 19.8. The molecule has 0 bridgehead atoms. The van der Waals surface area contributed by atoms with E-state index in [1.54, 1.807) is 4.40 Å². The molecule has 1 aliphatic heterocycles. The van der Waals surface area contributed by atoms with Crippen molar-refractivity contribution in [2.75, 3.05) is 13.1 Å². The van der Waals surface area contributed by atoms with Crippen molar-refractivity contribution in [3.63, 3.8) is 0 Å². The Morgan fingerprint density at radius 1 is 1.34 bits per heavy atom. The van der Waals surface area contributed by atoms with Crippen LogP contribution in [0.15, 0.2) is 24.0 Å². The highest BCUT2D eigenvalue weighted by molar-refractivity contribution is 7.09. The largest absolute Gasteiger partial charge is 0.415 e. The summed E-state index contributed by atoms with van der Waals surface area (Å²) in [7, 11) is 0. The molecule has 0 aromatic carbocycles. The number of nitrogens with one attached hydrogen (secondary N) is 2. The number of thiazole rings is 1. The summed E-state index contributed by atoms with van der Waals surface area (Å²) in [6.07, 6.45) is -0.165. The van der Waals surface area contributed by atoms with Gasteiger partial charge in [0.2, 0.25) is 0 Å². The van der Waals surface area contributed by atoms with Crippen LogP contribution in [0.1, 0.15) is 51.7 Å². The summed E-state index contributed by atoms with van der Waals surface area (Å²) in [5, 5.41) is 6.52. The zero-order valence-electron chi connectivity index (χ0n) is 15.5. The maximum atomic E-state index is 13.5. The monoisotopic (exact) mass is 424 g/mol. The van der Waals surface area contributed by atoms with Crippen LogP contribution < -0.4 is 10.6 Å². The number of hydrogen-bond acceptors (Lipinski definition) is 6. The Morgan fingerprint density at radius 2 is 2.10 bits per heavy atom. The van der Waals surface area contributed by atoms with Crippen molar-refractivity contribution in [2.24, 2.45) is 0 Å². The number of nitrogens with zero attached hydrogens (tertiary/aromatic N) is 4. The molecule has 1 aliphatic rings. The number of fused-ring (bicyclic) bond motifs is 1. The Balaban J connectivity index is 1.67. The van der Waals surface area contributed by atoms with Gasteiger partial charge in [0.1, 0.15) is 11.3 Å². The number of halogens is 3. The summed E-state index contributed by atoms with van der Waals surface area (Å²) in [5.74, 6) is -0.691. The summed E-state index contributed by atoms with van der Waals surface area (Å²) < 4.78 is 42.0. The standard InChI is InChI=1S/C18H19F3N6OS/c1-10-8-12(11-2-4-22-5-3-11)25-15-13(24-9-27(10)15)16(28)26-14(18(19,20)21)17-23-6-7-29-17/h6-9,11,14,22H,2-5H2,1H3,(H,26,28). The molecule has 2 N–H and O–H groups in total. The summed E-state index contributed by atoms with van der Waals surface area (Å²) >= 11 is 0.831. The predicted molar refractivity (Wildman–Crippen MR) is 101 cm³/mol. The van der Waals surface area contributed by atoms with E-state index in [1.165, 1.54) is 17.9 Å². The van der Waals surface area contributed by atoms with E-state index in [9.17, 15) is 18.0 Å². The molecular formula is C18H19F3N6OS. The molecule has 154 valence electrons. The predicted octanol–water partition coefficient (Wildman–Crippen LogP) is 2.99. The smallest absolute Gasteiger partial charge is 0.333 e. The van der Waals surface area contributed by atoms with Crippen molar-refractivity contribution < 1.29 is 18.0 Å². The zero-order valence-corrected chi connectivity index (χ0v) is 16.3. The lowest BCUT2D eigenvalue weighted by atomic mass is 9.94. The minimum atomic E-state index is -4.67. The van der Waals surface area contributed by atoms with Crippen LogP contribution in [0, 0.1) is 6.92 Å². The van der Waals surface area contributed by atoms with Gasteiger partial charge in [-0.3, -0.25) is 9.20 Å². The third-order valence-electron chi connectivity index (χ3n) is 4.99. The summed E-state index contributed by atoms with van der Waals surface area (Å²) in [4.78, 5) is 25.1. The minimum absolute atomic E-state index is 0.130. The van der Waals surface area contributed by atoms with Crippen LogP contribution in [0.2, 0.25) is 0 Å². The lowest BCUT2D eigenvalue weighted by molar-refractivity contribution is -0.155. The summed E-state index contributed by atoms with van der Waals surface area (Å²) in [6, 6.07) is -0.249. The molecule has 1 unspecified atom stereocenters. The van der Waals surface area contributed by atoms with Gasteiger partial charge < -0.3 is 10.6 Å². The van der Waals surface area contributed by atoms with Crippen LogP contribution in [-0.2, 0) is 0 Å². The zero-order chi connectivity index (χ0) is 20.6. The van der Waals surface area contributed by atoms with Gasteiger partial charge in [-0.05, 0) is 38.9 Å². The number of aromatic nitrogens is 4. The van der Waals surface area contributed by atoms with Gasteiger partial charge in [0.05, 0.1) is 0 Å². The van der Waals surface area contributed by atoms with Crippen LogP contribution in [0.4, 0.5) is 13.2 Å². The molecule has 11 heteroatoms. The van der Waals surface area contributed by atoms with E-state index in [0.29, 0.717) is 0 Å². The second-order valence-corrected chi connectivity index (χ2v) is 7.88. The van der Waals surface area contributed by atoms with Crippen LogP contribution in [0.3, 0.4) is 0 Å². The molecule has 4 rings (SSSR count). The number of piperidine rings is 1. The van der Waals surface area contributed by atoms with Gasteiger partial charge in [-0.15, -0.1) is 11.3 Å².